The Hall–Kier alpha value is -2.05. The molecule has 0 spiro atoms. The van der Waals surface area contributed by atoms with Gasteiger partial charge in [0.25, 0.3) is 5.91 Å². The summed E-state index contributed by atoms with van der Waals surface area (Å²) in [5.74, 6) is 0.665. The van der Waals surface area contributed by atoms with Crippen LogP contribution in [0, 0.1) is 5.82 Å². The SMILES string of the molecule is CCCCC(CN)NC(=O)c1ccc(COc2ccc(F)cc2)o1.Cl. The van der Waals surface area contributed by atoms with Crippen molar-refractivity contribution < 1.29 is 18.3 Å². The van der Waals surface area contributed by atoms with Gasteiger partial charge in [0.05, 0.1) is 0 Å². The lowest BCUT2D eigenvalue weighted by Crippen LogP contribution is -2.40. The normalized spacial score (nSPS) is 11.5. The molecule has 0 aliphatic rings. The number of nitrogens with two attached hydrogens (primary N) is 1. The Balaban J connectivity index is 0.00000312. The molecule has 1 aromatic heterocycles. The van der Waals surface area contributed by atoms with Gasteiger partial charge in [0.1, 0.15) is 23.9 Å². The number of halogens is 2. The summed E-state index contributed by atoms with van der Waals surface area (Å²) < 4.78 is 23.8. The molecule has 0 aliphatic carbocycles. The highest BCUT2D eigenvalue weighted by Gasteiger charge is 2.15. The molecule has 0 saturated heterocycles. The molecule has 3 N–H and O–H groups in total. The third-order valence-electron chi connectivity index (χ3n) is 3.61. The summed E-state index contributed by atoms with van der Waals surface area (Å²) in [4.78, 5) is 12.2. The fraction of sp³-hybridized carbons (Fsp3) is 0.389. The van der Waals surface area contributed by atoms with Crippen LogP contribution >= 0.6 is 12.4 Å². The molecule has 25 heavy (non-hydrogen) atoms. The molecule has 0 aliphatic heterocycles. The Bertz CT molecular complexity index is 646. The van der Waals surface area contributed by atoms with Gasteiger partial charge in [-0.05, 0) is 42.8 Å². The number of nitrogens with one attached hydrogen (secondary N) is 1. The summed E-state index contributed by atoms with van der Waals surface area (Å²) >= 11 is 0. The zero-order chi connectivity index (χ0) is 17.4. The van der Waals surface area contributed by atoms with E-state index in [1.165, 1.54) is 24.3 Å². The first-order valence-electron chi connectivity index (χ1n) is 8.10. The van der Waals surface area contributed by atoms with Crippen molar-refractivity contribution >= 4 is 18.3 Å². The average Bonchev–Trinajstić information content (AvgIpc) is 3.07. The van der Waals surface area contributed by atoms with Gasteiger partial charge in [-0.3, -0.25) is 4.79 Å². The van der Waals surface area contributed by atoms with Crippen LogP contribution in [0.4, 0.5) is 4.39 Å². The molecule has 5 nitrogen and oxygen atoms in total. The van der Waals surface area contributed by atoms with Crippen molar-refractivity contribution in [1.29, 1.82) is 0 Å². The van der Waals surface area contributed by atoms with Crippen LogP contribution in [-0.4, -0.2) is 18.5 Å². The molecule has 1 unspecified atom stereocenters. The van der Waals surface area contributed by atoms with Crippen LogP contribution in [0.25, 0.3) is 0 Å². The first-order valence-corrected chi connectivity index (χ1v) is 8.10. The quantitative estimate of drug-likeness (QED) is 0.706. The smallest absolute Gasteiger partial charge is 0.287 e. The van der Waals surface area contributed by atoms with Gasteiger partial charge in [0.2, 0.25) is 0 Å². The first-order chi connectivity index (χ1) is 11.6. The summed E-state index contributed by atoms with van der Waals surface area (Å²) in [6, 6.07) is 8.94. The van der Waals surface area contributed by atoms with Crippen LogP contribution in [0.1, 0.15) is 42.5 Å². The van der Waals surface area contributed by atoms with Gasteiger partial charge in [-0.2, -0.15) is 0 Å². The minimum atomic E-state index is -0.322. The van der Waals surface area contributed by atoms with E-state index in [9.17, 15) is 9.18 Å². The van der Waals surface area contributed by atoms with E-state index >= 15 is 0 Å². The monoisotopic (exact) mass is 370 g/mol. The van der Waals surface area contributed by atoms with E-state index in [2.05, 4.69) is 12.2 Å². The van der Waals surface area contributed by atoms with Crippen molar-refractivity contribution in [2.45, 2.75) is 38.8 Å². The summed E-state index contributed by atoms with van der Waals surface area (Å²) in [7, 11) is 0. The Kier molecular flexibility index (Phi) is 9.02. The van der Waals surface area contributed by atoms with Gasteiger partial charge in [-0.1, -0.05) is 19.8 Å². The largest absolute Gasteiger partial charge is 0.486 e. The van der Waals surface area contributed by atoms with Crippen LogP contribution in [0.5, 0.6) is 5.75 Å². The molecule has 1 heterocycles. The zero-order valence-corrected chi connectivity index (χ0v) is 15.0. The molecule has 7 heteroatoms. The van der Waals surface area contributed by atoms with E-state index in [4.69, 9.17) is 14.9 Å². The van der Waals surface area contributed by atoms with Crippen LogP contribution in [0.2, 0.25) is 0 Å². The predicted molar refractivity (Wildman–Crippen MR) is 96.5 cm³/mol. The third kappa shape index (κ3) is 6.76. The maximum Gasteiger partial charge on any atom is 0.287 e. The number of ether oxygens (including phenoxy) is 1. The zero-order valence-electron chi connectivity index (χ0n) is 14.2. The highest BCUT2D eigenvalue weighted by atomic mass is 35.5. The minimum absolute atomic E-state index is 0. The molecule has 0 saturated carbocycles. The molecule has 0 radical (unpaired) electrons. The van der Waals surface area contributed by atoms with E-state index < -0.39 is 0 Å². The second kappa shape index (κ2) is 10.7. The number of rotatable bonds is 9. The molecule has 2 aromatic rings. The van der Waals surface area contributed by atoms with Gasteiger partial charge >= 0.3 is 0 Å². The van der Waals surface area contributed by atoms with Crippen molar-refractivity contribution in [3.8, 4) is 5.75 Å². The lowest BCUT2D eigenvalue weighted by atomic mass is 10.1. The Labute approximate surface area is 153 Å². The van der Waals surface area contributed by atoms with Gasteiger partial charge in [-0.15, -0.1) is 12.4 Å². The van der Waals surface area contributed by atoms with Crippen LogP contribution < -0.4 is 15.8 Å². The summed E-state index contributed by atoms with van der Waals surface area (Å²) in [5, 5.41) is 2.87. The lowest BCUT2D eigenvalue weighted by molar-refractivity contribution is 0.0903. The molecular formula is C18H24ClFN2O3. The Morgan fingerprint density at radius 3 is 2.64 bits per heavy atom. The van der Waals surface area contributed by atoms with Crippen LogP contribution in [0.3, 0.4) is 0 Å². The number of furan rings is 1. The standard InChI is InChI=1S/C18H23FN2O3.ClH/c1-2-3-4-14(11-20)21-18(22)17-10-9-16(24-17)12-23-15-7-5-13(19)6-8-15;/h5-10,14H,2-4,11-12,20H2,1H3,(H,21,22);1H. The topological polar surface area (TPSA) is 77.5 Å². The number of hydrogen-bond donors (Lipinski definition) is 2. The molecule has 1 aromatic carbocycles. The summed E-state index contributed by atoms with van der Waals surface area (Å²) in [6.45, 7) is 2.65. The third-order valence-corrected chi connectivity index (χ3v) is 3.61. The molecule has 138 valence electrons. The van der Waals surface area contributed by atoms with E-state index in [0.717, 1.165) is 19.3 Å². The molecule has 0 bridgehead atoms. The second-order valence-corrected chi connectivity index (χ2v) is 5.56. The van der Waals surface area contributed by atoms with E-state index in [0.29, 0.717) is 18.1 Å². The van der Waals surface area contributed by atoms with E-state index in [1.807, 2.05) is 0 Å². The van der Waals surface area contributed by atoms with Crippen LogP contribution in [0.15, 0.2) is 40.8 Å². The molecule has 1 atom stereocenters. The van der Waals surface area contributed by atoms with Crippen molar-refractivity contribution in [1.82, 2.24) is 5.32 Å². The highest BCUT2D eigenvalue weighted by Crippen LogP contribution is 2.15. The minimum Gasteiger partial charge on any atom is -0.486 e. The van der Waals surface area contributed by atoms with Crippen molar-refractivity contribution in [3.05, 3.63) is 53.7 Å². The number of amides is 1. The number of carbonyl (C=O) groups excluding carboxylic acids is 1. The highest BCUT2D eigenvalue weighted by molar-refractivity contribution is 5.91. The van der Waals surface area contributed by atoms with Gasteiger partial charge < -0.3 is 20.2 Å². The summed E-state index contributed by atoms with van der Waals surface area (Å²) in [6.07, 6.45) is 2.91. The lowest BCUT2D eigenvalue weighted by Gasteiger charge is -2.15. The fourth-order valence-corrected chi connectivity index (χ4v) is 2.22. The first kappa shape index (κ1) is 21.0. The number of carbonyl (C=O) groups is 1. The molecular weight excluding hydrogens is 347 g/mol. The fourth-order valence-electron chi connectivity index (χ4n) is 2.22. The van der Waals surface area contributed by atoms with E-state index in [-0.39, 0.29) is 42.5 Å². The number of unbranched alkanes of at least 4 members (excludes halogenated alkanes) is 1. The number of hydrogen-bond acceptors (Lipinski definition) is 4. The van der Waals surface area contributed by atoms with Crippen LogP contribution in [-0.2, 0) is 6.61 Å². The molecule has 2 rings (SSSR count). The second-order valence-electron chi connectivity index (χ2n) is 5.56. The molecule has 1 amide bonds. The predicted octanol–water partition coefficient (Wildman–Crippen LogP) is 3.67. The Morgan fingerprint density at radius 2 is 2.00 bits per heavy atom. The van der Waals surface area contributed by atoms with Crippen molar-refractivity contribution in [2.75, 3.05) is 6.54 Å². The van der Waals surface area contributed by atoms with Crippen molar-refractivity contribution in [2.24, 2.45) is 5.73 Å². The van der Waals surface area contributed by atoms with Gasteiger partial charge in [-0.25, -0.2) is 4.39 Å². The average molecular weight is 371 g/mol. The molecule has 0 fully saturated rings. The number of benzene rings is 1. The van der Waals surface area contributed by atoms with Gasteiger partial charge in [0, 0.05) is 12.6 Å². The summed E-state index contributed by atoms with van der Waals surface area (Å²) in [5.41, 5.74) is 5.68. The maximum atomic E-state index is 12.8. The van der Waals surface area contributed by atoms with Gasteiger partial charge in [0.15, 0.2) is 5.76 Å². The van der Waals surface area contributed by atoms with Crippen molar-refractivity contribution in [3.63, 3.8) is 0 Å². The van der Waals surface area contributed by atoms with E-state index in [1.54, 1.807) is 12.1 Å². The Morgan fingerprint density at radius 1 is 1.28 bits per heavy atom. The maximum absolute atomic E-state index is 12.8.